The van der Waals surface area contributed by atoms with Gasteiger partial charge in [-0.3, -0.25) is 14.0 Å². The van der Waals surface area contributed by atoms with Crippen molar-refractivity contribution < 1.29 is 9.90 Å². The molecule has 1 aliphatic rings. The van der Waals surface area contributed by atoms with Gasteiger partial charge in [-0.1, -0.05) is 60.6 Å². The maximum absolute atomic E-state index is 13.3. The standard InChI is InChI=1S/C29H28ClN9O3S/c1-29(15-31)10-13-38(14-11-29)28-34-22(32)26(36-37-28)43-19-8-4-7-18(21(19)30)33-24(40)20-25(41)35-23-17-6-3-2-5-16(17)9-12-39(23)27(20)42/h2-9,12,41H,10-11,13-15,31H2,1H3,(H,33,40)(H2,32,34,37). The minimum Gasteiger partial charge on any atom is -0.493 e. The number of carbonyl (C=O) groups excluding carboxylic acids is 1. The third-order valence-electron chi connectivity index (χ3n) is 7.76. The topological polar surface area (TPSA) is 178 Å². The monoisotopic (exact) mass is 617 g/mol. The number of aromatic nitrogens is 5. The first kappa shape index (κ1) is 28.6. The lowest BCUT2D eigenvalue weighted by atomic mass is 9.81. The highest BCUT2D eigenvalue weighted by Gasteiger charge is 2.30. The van der Waals surface area contributed by atoms with Gasteiger partial charge in [-0.05, 0) is 48.4 Å². The summed E-state index contributed by atoms with van der Waals surface area (Å²) in [6.45, 7) is 4.33. The molecule has 43 heavy (non-hydrogen) atoms. The quantitative estimate of drug-likeness (QED) is 0.203. The zero-order valence-corrected chi connectivity index (χ0v) is 24.7. The molecule has 0 unspecified atom stereocenters. The van der Waals surface area contributed by atoms with Crippen molar-refractivity contribution in [3.05, 3.63) is 75.7 Å². The van der Waals surface area contributed by atoms with E-state index >= 15 is 0 Å². The first-order chi connectivity index (χ1) is 20.7. The Balaban J connectivity index is 1.22. The zero-order valence-electron chi connectivity index (χ0n) is 23.1. The molecule has 6 N–H and O–H groups in total. The molecule has 0 saturated carbocycles. The van der Waals surface area contributed by atoms with E-state index in [4.69, 9.17) is 23.1 Å². The number of piperidine rings is 1. The zero-order chi connectivity index (χ0) is 30.3. The van der Waals surface area contributed by atoms with Crippen LogP contribution in [0.4, 0.5) is 17.5 Å². The van der Waals surface area contributed by atoms with Gasteiger partial charge in [0.1, 0.15) is 0 Å². The van der Waals surface area contributed by atoms with E-state index in [9.17, 15) is 14.7 Å². The van der Waals surface area contributed by atoms with Gasteiger partial charge in [-0.15, -0.1) is 10.2 Å². The van der Waals surface area contributed by atoms with E-state index in [2.05, 4.69) is 32.4 Å². The molecule has 12 nitrogen and oxygen atoms in total. The second-order valence-electron chi connectivity index (χ2n) is 10.7. The number of halogens is 1. The van der Waals surface area contributed by atoms with Crippen LogP contribution in [0.5, 0.6) is 5.88 Å². The number of fused-ring (bicyclic) bond motifs is 3. The molecular weight excluding hydrogens is 590 g/mol. The summed E-state index contributed by atoms with van der Waals surface area (Å²) in [5, 5.41) is 23.8. The maximum atomic E-state index is 13.3. The molecule has 14 heteroatoms. The molecule has 3 aromatic heterocycles. The number of nitrogens with two attached hydrogens (primary N) is 2. The normalized spacial score (nSPS) is 14.7. The molecule has 0 radical (unpaired) electrons. The van der Waals surface area contributed by atoms with Crippen molar-refractivity contribution in [2.75, 3.05) is 35.6 Å². The Morgan fingerprint density at radius 2 is 1.88 bits per heavy atom. The summed E-state index contributed by atoms with van der Waals surface area (Å²) in [4.78, 5) is 37.7. The van der Waals surface area contributed by atoms with E-state index < -0.39 is 22.9 Å². The van der Waals surface area contributed by atoms with Gasteiger partial charge in [0, 0.05) is 29.6 Å². The highest BCUT2D eigenvalue weighted by atomic mass is 35.5. The number of amides is 1. The van der Waals surface area contributed by atoms with Crippen molar-refractivity contribution in [3.63, 3.8) is 0 Å². The number of nitrogen functional groups attached to an aromatic ring is 1. The van der Waals surface area contributed by atoms with Crippen LogP contribution in [-0.4, -0.2) is 55.2 Å². The van der Waals surface area contributed by atoms with E-state index in [1.165, 1.54) is 10.6 Å². The van der Waals surface area contributed by atoms with Crippen LogP contribution >= 0.6 is 23.4 Å². The van der Waals surface area contributed by atoms with Gasteiger partial charge in [-0.2, -0.15) is 9.97 Å². The second-order valence-corrected chi connectivity index (χ2v) is 12.1. The highest BCUT2D eigenvalue weighted by Crippen LogP contribution is 2.39. The largest absolute Gasteiger partial charge is 0.493 e. The number of benzene rings is 2. The number of aromatic hydroxyl groups is 1. The summed E-state index contributed by atoms with van der Waals surface area (Å²) in [5.41, 5.74) is 11.5. The number of pyridine rings is 1. The number of rotatable bonds is 6. The summed E-state index contributed by atoms with van der Waals surface area (Å²) in [5.74, 6) is -0.897. The van der Waals surface area contributed by atoms with Crippen molar-refractivity contribution in [2.24, 2.45) is 11.1 Å². The van der Waals surface area contributed by atoms with Gasteiger partial charge >= 0.3 is 0 Å². The molecule has 0 spiro atoms. The van der Waals surface area contributed by atoms with Crippen molar-refractivity contribution in [1.29, 1.82) is 0 Å². The lowest BCUT2D eigenvalue weighted by molar-refractivity contribution is 0.102. The van der Waals surface area contributed by atoms with Crippen molar-refractivity contribution >= 4 is 63.1 Å². The fourth-order valence-electron chi connectivity index (χ4n) is 5.00. The molecule has 5 aromatic rings. The van der Waals surface area contributed by atoms with Crippen LogP contribution in [0, 0.1) is 5.41 Å². The molecule has 220 valence electrons. The summed E-state index contributed by atoms with van der Waals surface area (Å²) in [6, 6.07) is 14.0. The van der Waals surface area contributed by atoms with Crippen molar-refractivity contribution in [1.82, 2.24) is 24.6 Å². The Morgan fingerprint density at radius 1 is 1.12 bits per heavy atom. The molecule has 1 aliphatic heterocycles. The number of carbonyl (C=O) groups is 1. The number of hydrogen-bond donors (Lipinski definition) is 4. The lowest BCUT2D eigenvalue weighted by Crippen LogP contribution is -2.43. The molecule has 4 heterocycles. The predicted molar refractivity (Wildman–Crippen MR) is 167 cm³/mol. The van der Waals surface area contributed by atoms with Crippen LogP contribution in [-0.2, 0) is 0 Å². The summed E-state index contributed by atoms with van der Waals surface area (Å²) < 4.78 is 1.23. The maximum Gasteiger partial charge on any atom is 0.274 e. The van der Waals surface area contributed by atoms with Crippen molar-refractivity contribution in [2.45, 2.75) is 29.7 Å². The fraction of sp³-hybridized carbons (Fsp3) is 0.241. The summed E-state index contributed by atoms with van der Waals surface area (Å²) >= 11 is 7.79. The average Bonchev–Trinajstić information content (AvgIpc) is 3.00. The SMILES string of the molecule is CC1(CN)CCN(c2nnc(Sc3cccc(NC(=O)c4c(O)nc5c6ccccc6ccn5c4=O)c3Cl)c(N)n2)CC1. The van der Waals surface area contributed by atoms with Gasteiger partial charge in [0.2, 0.25) is 11.8 Å². The van der Waals surface area contributed by atoms with E-state index in [1.807, 2.05) is 17.0 Å². The van der Waals surface area contributed by atoms with Crippen LogP contribution in [0.15, 0.2) is 69.4 Å². The minimum atomic E-state index is -0.862. The summed E-state index contributed by atoms with van der Waals surface area (Å²) in [7, 11) is 0. The number of hydrogen-bond acceptors (Lipinski definition) is 11. The van der Waals surface area contributed by atoms with Crippen LogP contribution in [0.1, 0.15) is 30.1 Å². The molecule has 1 saturated heterocycles. The van der Waals surface area contributed by atoms with Crippen LogP contribution in [0.25, 0.3) is 16.4 Å². The molecule has 0 atom stereocenters. The first-order valence-corrected chi connectivity index (χ1v) is 14.7. The van der Waals surface area contributed by atoms with E-state index in [1.54, 1.807) is 36.4 Å². The van der Waals surface area contributed by atoms with E-state index in [-0.39, 0.29) is 27.6 Å². The molecule has 6 rings (SSSR count). The Morgan fingerprint density at radius 3 is 2.63 bits per heavy atom. The Hall–Kier alpha value is -4.46. The Kier molecular flexibility index (Phi) is 7.54. The van der Waals surface area contributed by atoms with E-state index in [0.29, 0.717) is 27.8 Å². The molecule has 2 aromatic carbocycles. The van der Waals surface area contributed by atoms with Crippen LogP contribution < -0.4 is 27.2 Å². The molecular formula is C29H28ClN9O3S. The minimum absolute atomic E-state index is 0.106. The molecule has 1 fully saturated rings. The highest BCUT2D eigenvalue weighted by molar-refractivity contribution is 7.99. The molecule has 0 aliphatic carbocycles. The Bertz CT molecular complexity index is 1940. The molecule has 0 bridgehead atoms. The van der Waals surface area contributed by atoms with Gasteiger partial charge in [0.15, 0.2) is 22.1 Å². The van der Waals surface area contributed by atoms with Crippen LogP contribution in [0.2, 0.25) is 5.02 Å². The molecule has 1 amide bonds. The Labute approximate surface area is 255 Å². The van der Waals surface area contributed by atoms with Crippen LogP contribution in [0.3, 0.4) is 0 Å². The first-order valence-electron chi connectivity index (χ1n) is 13.5. The third kappa shape index (κ3) is 5.42. The number of anilines is 3. The fourth-order valence-corrected chi connectivity index (χ4v) is 6.08. The van der Waals surface area contributed by atoms with Crippen molar-refractivity contribution in [3.8, 4) is 5.88 Å². The smallest absolute Gasteiger partial charge is 0.274 e. The number of nitrogens with one attached hydrogen (secondary N) is 1. The van der Waals surface area contributed by atoms with Gasteiger partial charge in [0.05, 0.1) is 10.7 Å². The third-order valence-corrected chi connectivity index (χ3v) is 9.33. The predicted octanol–water partition coefficient (Wildman–Crippen LogP) is 3.94. The summed E-state index contributed by atoms with van der Waals surface area (Å²) in [6.07, 6.45) is 3.36. The van der Waals surface area contributed by atoms with Gasteiger partial charge in [-0.25, -0.2) is 0 Å². The lowest BCUT2D eigenvalue weighted by Gasteiger charge is -2.38. The second kappa shape index (κ2) is 11.3. The van der Waals surface area contributed by atoms with Gasteiger partial charge in [0.25, 0.3) is 11.5 Å². The average molecular weight is 618 g/mol. The van der Waals surface area contributed by atoms with Gasteiger partial charge < -0.3 is 26.8 Å². The number of nitrogens with zero attached hydrogens (tertiary/aromatic N) is 6. The van der Waals surface area contributed by atoms with E-state index in [0.717, 1.165) is 43.1 Å².